The van der Waals surface area contributed by atoms with Gasteiger partial charge in [0.05, 0.1) is 23.6 Å². The molecule has 0 unspecified atom stereocenters. The first-order chi connectivity index (χ1) is 11.5. The summed E-state index contributed by atoms with van der Waals surface area (Å²) >= 11 is 0. The molecule has 0 saturated heterocycles. The van der Waals surface area contributed by atoms with Crippen LogP contribution in [0.5, 0.6) is 0 Å². The van der Waals surface area contributed by atoms with Crippen LogP contribution in [0, 0.1) is 6.92 Å². The lowest BCUT2D eigenvalue weighted by Gasteiger charge is -2.17. The molecule has 0 spiro atoms. The van der Waals surface area contributed by atoms with Crippen LogP contribution in [-0.2, 0) is 0 Å². The minimum Gasteiger partial charge on any atom is -0.361 e. The molecule has 1 fully saturated rings. The lowest BCUT2D eigenvalue weighted by molar-refractivity contribution is 0.262. The van der Waals surface area contributed by atoms with Gasteiger partial charge in [0, 0.05) is 26.0 Å². The van der Waals surface area contributed by atoms with E-state index in [0.29, 0.717) is 17.4 Å². The van der Waals surface area contributed by atoms with Gasteiger partial charge in [-0.05, 0) is 31.9 Å². The molecule has 1 aliphatic carbocycles. The Hall–Kier alpha value is -2.57. The summed E-state index contributed by atoms with van der Waals surface area (Å²) in [6.07, 6.45) is 8.42. The van der Waals surface area contributed by atoms with E-state index in [2.05, 4.69) is 20.7 Å². The molecule has 0 aromatic carbocycles. The number of amides is 2. The maximum atomic E-state index is 12.3. The Bertz CT molecular complexity index is 718. The molecule has 2 N–H and O–H groups in total. The maximum absolute atomic E-state index is 12.3. The predicted molar refractivity (Wildman–Crippen MR) is 95.7 cm³/mol. The van der Waals surface area contributed by atoms with Crippen LogP contribution in [0.2, 0.25) is 0 Å². The predicted octanol–water partition coefficient (Wildman–Crippen LogP) is 3.41. The Kier molecular flexibility index (Phi) is 4.69. The molecular formula is C17H24N6O. The van der Waals surface area contributed by atoms with Crippen molar-refractivity contribution in [3.05, 3.63) is 30.2 Å². The molecule has 7 nitrogen and oxygen atoms in total. The van der Waals surface area contributed by atoms with E-state index < -0.39 is 0 Å². The minimum absolute atomic E-state index is 0.297. The fourth-order valence-corrected chi connectivity index (χ4v) is 3.04. The van der Waals surface area contributed by atoms with Gasteiger partial charge in [-0.3, -0.25) is 4.68 Å². The first kappa shape index (κ1) is 16.3. The SMILES string of the molecule is Cc1ccc(NC(=O)Nc2cnn(C3CCCC3)c2)c(N(C)C)n1. The van der Waals surface area contributed by atoms with Crippen LogP contribution in [0.3, 0.4) is 0 Å². The molecule has 0 bridgehead atoms. The standard InChI is InChI=1S/C17H24N6O/c1-12-8-9-15(16(19-12)22(2)3)21-17(24)20-13-10-18-23(11-13)14-6-4-5-7-14/h8-11,14H,4-7H2,1-3H3,(H2,20,21,24). The highest BCUT2D eigenvalue weighted by atomic mass is 16.2. The van der Waals surface area contributed by atoms with Crippen LogP contribution in [0.1, 0.15) is 37.4 Å². The van der Waals surface area contributed by atoms with Crippen molar-refractivity contribution in [2.45, 2.75) is 38.6 Å². The molecule has 24 heavy (non-hydrogen) atoms. The number of urea groups is 1. The average molecular weight is 328 g/mol. The summed E-state index contributed by atoms with van der Waals surface area (Å²) in [5.74, 6) is 0.729. The van der Waals surface area contributed by atoms with E-state index in [-0.39, 0.29) is 6.03 Å². The molecule has 2 aromatic rings. The van der Waals surface area contributed by atoms with Gasteiger partial charge in [0.2, 0.25) is 0 Å². The Morgan fingerprint density at radius 3 is 2.71 bits per heavy atom. The largest absolute Gasteiger partial charge is 0.361 e. The van der Waals surface area contributed by atoms with Crippen LogP contribution < -0.4 is 15.5 Å². The number of rotatable bonds is 4. The van der Waals surface area contributed by atoms with Crippen molar-refractivity contribution in [3.8, 4) is 0 Å². The summed E-state index contributed by atoms with van der Waals surface area (Å²) in [5.41, 5.74) is 2.28. The summed E-state index contributed by atoms with van der Waals surface area (Å²) in [6, 6.07) is 3.90. The highest BCUT2D eigenvalue weighted by Crippen LogP contribution is 2.29. The summed E-state index contributed by atoms with van der Waals surface area (Å²) in [7, 11) is 3.80. The monoisotopic (exact) mass is 328 g/mol. The molecule has 128 valence electrons. The number of nitrogens with one attached hydrogen (secondary N) is 2. The number of carbonyl (C=O) groups excluding carboxylic acids is 1. The zero-order chi connectivity index (χ0) is 17.1. The van der Waals surface area contributed by atoms with Gasteiger partial charge in [-0.15, -0.1) is 0 Å². The molecular weight excluding hydrogens is 304 g/mol. The first-order valence-electron chi connectivity index (χ1n) is 8.30. The molecule has 1 saturated carbocycles. The Labute approximate surface area is 142 Å². The van der Waals surface area contributed by atoms with Crippen molar-refractivity contribution >= 4 is 23.2 Å². The van der Waals surface area contributed by atoms with Gasteiger partial charge in [-0.25, -0.2) is 9.78 Å². The normalized spacial score (nSPS) is 14.6. The molecule has 0 radical (unpaired) electrons. The highest BCUT2D eigenvalue weighted by molar-refractivity contribution is 6.01. The number of aryl methyl sites for hydroxylation is 1. The van der Waals surface area contributed by atoms with E-state index in [1.165, 1.54) is 12.8 Å². The zero-order valence-electron chi connectivity index (χ0n) is 14.4. The third-order valence-corrected chi connectivity index (χ3v) is 4.24. The van der Waals surface area contributed by atoms with Gasteiger partial charge in [-0.1, -0.05) is 12.8 Å². The highest BCUT2D eigenvalue weighted by Gasteiger charge is 2.18. The number of nitrogens with zero attached hydrogens (tertiary/aromatic N) is 4. The van der Waals surface area contributed by atoms with E-state index in [1.54, 1.807) is 6.20 Å². The zero-order valence-corrected chi connectivity index (χ0v) is 14.4. The van der Waals surface area contributed by atoms with Gasteiger partial charge in [0.25, 0.3) is 0 Å². The van der Waals surface area contributed by atoms with Crippen LogP contribution in [0.25, 0.3) is 0 Å². The van der Waals surface area contributed by atoms with E-state index in [1.807, 2.05) is 48.9 Å². The average Bonchev–Trinajstić information content (AvgIpc) is 3.19. The van der Waals surface area contributed by atoms with Crippen LogP contribution in [0.15, 0.2) is 24.5 Å². The Balaban J connectivity index is 1.66. The van der Waals surface area contributed by atoms with Crippen molar-refractivity contribution in [1.29, 1.82) is 0 Å². The smallest absolute Gasteiger partial charge is 0.323 e. The molecule has 1 aliphatic rings. The van der Waals surface area contributed by atoms with Crippen LogP contribution >= 0.6 is 0 Å². The summed E-state index contributed by atoms with van der Waals surface area (Å²) in [4.78, 5) is 18.6. The second kappa shape index (κ2) is 6.90. The lowest BCUT2D eigenvalue weighted by atomic mass is 10.3. The molecule has 7 heteroatoms. The summed E-state index contributed by atoms with van der Waals surface area (Å²) in [5, 5.41) is 10.1. The lowest BCUT2D eigenvalue weighted by Crippen LogP contribution is -2.22. The molecule has 0 aliphatic heterocycles. The van der Waals surface area contributed by atoms with Crippen molar-refractivity contribution in [2.75, 3.05) is 29.6 Å². The number of hydrogen-bond acceptors (Lipinski definition) is 4. The van der Waals surface area contributed by atoms with Gasteiger partial charge < -0.3 is 15.5 Å². The molecule has 2 aromatic heterocycles. The molecule has 3 rings (SSSR count). The number of anilines is 3. The van der Waals surface area contributed by atoms with Crippen LogP contribution in [-0.4, -0.2) is 34.9 Å². The van der Waals surface area contributed by atoms with Gasteiger partial charge in [-0.2, -0.15) is 5.10 Å². The van der Waals surface area contributed by atoms with E-state index in [0.717, 1.165) is 24.4 Å². The van der Waals surface area contributed by atoms with Crippen molar-refractivity contribution in [1.82, 2.24) is 14.8 Å². The fraction of sp³-hybridized carbons (Fsp3) is 0.471. The topological polar surface area (TPSA) is 75.1 Å². The second-order valence-electron chi connectivity index (χ2n) is 6.44. The molecule has 2 amide bonds. The van der Waals surface area contributed by atoms with Crippen LogP contribution in [0.4, 0.5) is 22.0 Å². The number of hydrogen-bond donors (Lipinski definition) is 2. The summed E-state index contributed by atoms with van der Waals surface area (Å²) < 4.78 is 1.96. The molecule has 0 atom stereocenters. The second-order valence-corrected chi connectivity index (χ2v) is 6.44. The van der Waals surface area contributed by atoms with Gasteiger partial charge >= 0.3 is 6.03 Å². The van der Waals surface area contributed by atoms with Gasteiger partial charge in [0.15, 0.2) is 5.82 Å². The van der Waals surface area contributed by atoms with E-state index in [9.17, 15) is 4.79 Å². The maximum Gasteiger partial charge on any atom is 0.323 e. The van der Waals surface area contributed by atoms with E-state index >= 15 is 0 Å². The number of aromatic nitrogens is 3. The molecule has 2 heterocycles. The van der Waals surface area contributed by atoms with Gasteiger partial charge in [0.1, 0.15) is 0 Å². The number of pyridine rings is 1. The quantitative estimate of drug-likeness (QED) is 0.902. The minimum atomic E-state index is -0.297. The third kappa shape index (κ3) is 3.67. The first-order valence-corrected chi connectivity index (χ1v) is 8.30. The Morgan fingerprint density at radius 1 is 1.25 bits per heavy atom. The summed E-state index contributed by atoms with van der Waals surface area (Å²) in [6.45, 7) is 1.92. The number of carbonyl (C=O) groups is 1. The van der Waals surface area contributed by atoms with Crippen molar-refractivity contribution in [3.63, 3.8) is 0 Å². The van der Waals surface area contributed by atoms with Crippen molar-refractivity contribution in [2.24, 2.45) is 0 Å². The third-order valence-electron chi connectivity index (χ3n) is 4.24. The van der Waals surface area contributed by atoms with Crippen molar-refractivity contribution < 1.29 is 4.79 Å². The fourth-order valence-electron chi connectivity index (χ4n) is 3.04. The Morgan fingerprint density at radius 2 is 2.00 bits per heavy atom. The van der Waals surface area contributed by atoms with E-state index in [4.69, 9.17) is 0 Å².